The van der Waals surface area contributed by atoms with Crippen LogP contribution in [0.25, 0.3) is 0 Å². The molecule has 2 heterocycles. The van der Waals surface area contributed by atoms with Gasteiger partial charge in [-0.05, 0) is 38.1 Å². The predicted octanol–water partition coefficient (Wildman–Crippen LogP) is 2.58. The molecule has 2 amide bonds. The molecular weight excluding hydrogens is 284 g/mol. The monoisotopic (exact) mass is 308 g/mol. The van der Waals surface area contributed by atoms with Gasteiger partial charge in [0.25, 0.3) is 0 Å². The average Bonchev–Trinajstić information content (AvgIpc) is 2.96. The first-order valence-corrected chi connectivity index (χ1v) is 8.50. The highest BCUT2D eigenvalue weighted by atomic mass is 32.1. The van der Waals surface area contributed by atoms with E-state index in [2.05, 4.69) is 11.4 Å². The number of thiophene rings is 1. The Morgan fingerprint density at radius 2 is 2.05 bits per heavy atom. The van der Waals surface area contributed by atoms with E-state index in [0.29, 0.717) is 12.8 Å². The van der Waals surface area contributed by atoms with Crippen molar-refractivity contribution in [2.24, 2.45) is 0 Å². The summed E-state index contributed by atoms with van der Waals surface area (Å²) in [5.74, 6) is 0.0139. The summed E-state index contributed by atoms with van der Waals surface area (Å²) in [7, 11) is 0. The molecule has 1 aromatic rings. The van der Waals surface area contributed by atoms with Gasteiger partial charge < -0.3 is 10.2 Å². The second-order valence-corrected chi connectivity index (χ2v) is 6.83. The third-order valence-corrected chi connectivity index (χ3v) is 5.46. The third-order valence-electron chi connectivity index (χ3n) is 4.56. The Bertz CT molecular complexity index is 508. The quantitative estimate of drug-likeness (QED) is 0.909. The second-order valence-electron chi connectivity index (χ2n) is 5.80. The van der Waals surface area contributed by atoms with Crippen LogP contribution < -0.4 is 5.32 Å². The first-order chi connectivity index (χ1) is 9.95. The van der Waals surface area contributed by atoms with Gasteiger partial charge in [0.05, 0.1) is 0 Å². The number of amides is 2. The van der Waals surface area contributed by atoms with Crippen molar-refractivity contribution in [3.63, 3.8) is 0 Å². The highest BCUT2D eigenvalue weighted by molar-refractivity contribution is 7.09. The third kappa shape index (κ3) is 2.84. The zero-order valence-electron chi connectivity index (χ0n) is 13.2. The van der Waals surface area contributed by atoms with Crippen molar-refractivity contribution in [1.82, 2.24) is 10.2 Å². The van der Waals surface area contributed by atoms with E-state index in [0.717, 1.165) is 6.42 Å². The fraction of sp³-hybridized carbons (Fsp3) is 0.625. The molecule has 1 aliphatic heterocycles. The SMILES string of the molecule is CCC1(CC)NC(=O)C(C)N(C(C)Cc2cccs2)C1=O. The molecule has 1 N–H and O–H groups in total. The molecule has 2 atom stereocenters. The molecule has 4 nitrogen and oxygen atoms in total. The molecule has 21 heavy (non-hydrogen) atoms. The van der Waals surface area contributed by atoms with Gasteiger partial charge in [-0.3, -0.25) is 9.59 Å². The molecule has 0 bridgehead atoms. The molecular formula is C16H24N2O2S. The Labute approximate surface area is 130 Å². The molecule has 1 aliphatic rings. The maximum atomic E-state index is 13.0. The number of carbonyl (C=O) groups is 2. The van der Waals surface area contributed by atoms with Crippen molar-refractivity contribution in [2.45, 2.75) is 64.6 Å². The van der Waals surface area contributed by atoms with Crippen molar-refractivity contribution < 1.29 is 9.59 Å². The Morgan fingerprint density at radius 3 is 2.57 bits per heavy atom. The summed E-state index contributed by atoms with van der Waals surface area (Å²) in [5.41, 5.74) is -0.729. The lowest BCUT2D eigenvalue weighted by atomic mass is 9.86. The Morgan fingerprint density at radius 1 is 1.38 bits per heavy atom. The summed E-state index contributed by atoms with van der Waals surface area (Å²) in [6.45, 7) is 7.76. The van der Waals surface area contributed by atoms with Gasteiger partial charge in [-0.1, -0.05) is 19.9 Å². The van der Waals surface area contributed by atoms with Crippen LogP contribution in [-0.4, -0.2) is 34.3 Å². The zero-order valence-corrected chi connectivity index (χ0v) is 14.0. The average molecular weight is 308 g/mol. The summed E-state index contributed by atoms with van der Waals surface area (Å²) in [4.78, 5) is 28.3. The van der Waals surface area contributed by atoms with Crippen LogP contribution in [0.4, 0.5) is 0 Å². The van der Waals surface area contributed by atoms with Crippen LogP contribution in [0.15, 0.2) is 17.5 Å². The highest BCUT2D eigenvalue weighted by Gasteiger charge is 2.48. The molecule has 1 aromatic heterocycles. The van der Waals surface area contributed by atoms with Crippen LogP contribution in [0.2, 0.25) is 0 Å². The van der Waals surface area contributed by atoms with Gasteiger partial charge in [0, 0.05) is 17.3 Å². The molecule has 0 saturated carbocycles. The Kier molecular flexibility index (Phi) is 4.71. The van der Waals surface area contributed by atoms with Crippen LogP contribution >= 0.6 is 11.3 Å². The molecule has 0 aliphatic carbocycles. The van der Waals surface area contributed by atoms with Crippen LogP contribution in [0.5, 0.6) is 0 Å². The number of hydrogen-bond donors (Lipinski definition) is 1. The number of piperazine rings is 1. The molecule has 1 saturated heterocycles. The minimum Gasteiger partial charge on any atom is -0.340 e. The molecule has 0 spiro atoms. The Hall–Kier alpha value is -1.36. The number of nitrogens with zero attached hydrogens (tertiary/aromatic N) is 1. The lowest BCUT2D eigenvalue weighted by Crippen LogP contribution is -2.71. The van der Waals surface area contributed by atoms with E-state index in [4.69, 9.17) is 0 Å². The molecule has 0 aromatic carbocycles. The molecule has 2 rings (SSSR count). The molecule has 116 valence electrons. The number of rotatable bonds is 5. The van der Waals surface area contributed by atoms with E-state index in [1.54, 1.807) is 16.2 Å². The van der Waals surface area contributed by atoms with Crippen LogP contribution in [0.3, 0.4) is 0 Å². The highest BCUT2D eigenvalue weighted by Crippen LogP contribution is 2.28. The van der Waals surface area contributed by atoms with E-state index in [-0.39, 0.29) is 17.9 Å². The Balaban J connectivity index is 2.26. The van der Waals surface area contributed by atoms with E-state index in [1.807, 2.05) is 39.1 Å². The van der Waals surface area contributed by atoms with Gasteiger partial charge in [-0.2, -0.15) is 0 Å². The minimum absolute atomic E-state index is 0.0228. The summed E-state index contributed by atoms with van der Waals surface area (Å²) < 4.78 is 0. The van der Waals surface area contributed by atoms with Crippen molar-refractivity contribution >= 4 is 23.2 Å². The second kappa shape index (κ2) is 6.18. The minimum atomic E-state index is -0.729. The zero-order chi connectivity index (χ0) is 15.6. The smallest absolute Gasteiger partial charge is 0.249 e. The maximum absolute atomic E-state index is 13.0. The topological polar surface area (TPSA) is 49.4 Å². The first-order valence-electron chi connectivity index (χ1n) is 7.62. The van der Waals surface area contributed by atoms with E-state index in [1.165, 1.54) is 4.88 Å². The van der Waals surface area contributed by atoms with E-state index >= 15 is 0 Å². The molecule has 5 heteroatoms. The van der Waals surface area contributed by atoms with Crippen molar-refractivity contribution in [2.75, 3.05) is 0 Å². The number of carbonyl (C=O) groups excluding carboxylic acids is 2. The van der Waals surface area contributed by atoms with Crippen molar-refractivity contribution in [3.05, 3.63) is 22.4 Å². The van der Waals surface area contributed by atoms with Gasteiger partial charge in [0.2, 0.25) is 11.8 Å². The maximum Gasteiger partial charge on any atom is 0.249 e. The van der Waals surface area contributed by atoms with Crippen molar-refractivity contribution in [3.8, 4) is 0 Å². The number of nitrogens with one attached hydrogen (secondary N) is 1. The molecule has 0 radical (unpaired) electrons. The van der Waals surface area contributed by atoms with Gasteiger partial charge in [0.15, 0.2) is 0 Å². The largest absolute Gasteiger partial charge is 0.340 e. The van der Waals surface area contributed by atoms with Gasteiger partial charge in [-0.15, -0.1) is 11.3 Å². The fourth-order valence-electron chi connectivity index (χ4n) is 3.07. The first kappa shape index (κ1) is 16.0. The summed E-state index contributed by atoms with van der Waals surface area (Å²) in [5, 5.41) is 4.99. The molecule has 1 fully saturated rings. The van der Waals surface area contributed by atoms with Gasteiger partial charge in [-0.25, -0.2) is 0 Å². The normalized spacial score (nSPS) is 23.0. The van der Waals surface area contributed by atoms with Gasteiger partial charge >= 0.3 is 0 Å². The van der Waals surface area contributed by atoms with Gasteiger partial charge in [0.1, 0.15) is 11.6 Å². The van der Waals surface area contributed by atoms with Crippen LogP contribution in [0, 0.1) is 0 Å². The standard InChI is InChI=1S/C16H24N2O2S/c1-5-16(6-2)15(20)18(12(4)14(19)17-16)11(3)10-13-8-7-9-21-13/h7-9,11-12H,5-6,10H2,1-4H3,(H,17,19). The molecule has 2 unspecified atom stereocenters. The van der Waals surface area contributed by atoms with E-state index in [9.17, 15) is 9.59 Å². The lowest BCUT2D eigenvalue weighted by Gasteiger charge is -2.47. The fourth-order valence-corrected chi connectivity index (χ4v) is 3.90. The van der Waals surface area contributed by atoms with Crippen molar-refractivity contribution in [1.29, 1.82) is 0 Å². The summed E-state index contributed by atoms with van der Waals surface area (Å²) in [6.07, 6.45) is 2.05. The predicted molar refractivity (Wildman–Crippen MR) is 85.2 cm³/mol. The van der Waals surface area contributed by atoms with Crippen LogP contribution in [-0.2, 0) is 16.0 Å². The summed E-state index contributed by atoms with van der Waals surface area (Å²) in [6, 6.07) is 3.71. The summed E-state index contributed by atoms with van der Waals surface area (Å²) >= 11 is 1.69. The van der Waals surface area contributed by atoms with Crippen LogP contribution in [0.1, 0.15) is 45.4 Å². The number of hydrogen-bond acceptors (Lipinski definition) is 3. The lowest BCUT2D eigenvalue weighted by molar-refractivity contribution is -0.157. The van der Waals surface area contributed by atoms with E-state index < -0.39 is 11.6 Å².